The molecular weight excluding hydrogens is 448 g/mol. The molecule has 32 heavy (non-hydrogen) atoms. The van der Waals surface area contributed by atoms with E-state index in [1.54, 1.807) is 29.6 Å². The predicted octanol–water partition coefficient (Wildman–Crippen LogP) is 7.35. The van der Waals surface area contributed by atoms with Gasteiger partial charge in [0.15, 0.2) is 0 Å². The second-order valence-corrected chi connectivity index (χ2v) is 9.64. The van der Waals surface area contributed by atoms with E-state index in [1.807, 2.05) is 17.5 Å². The van der Waals surface area contributed by atoms with Gasteiger partial charge in [0.05, 0.1) is 10.6 Å². The molecule has 1 N–H and O–H groups in total. The van der Waals surface area contributed by atoms with Crippen LogP contribution >= 0.6 is 22.9 Å². The highest BCUT2D eigenvalue weighted by Crippen LogP contribution is 2.44. The van der Waals surface area contributed by atoms with Crippen LogP contribution in [0.15, 0.2) is 64.1 Å². The average Bonchev–Trinajstić information content (AvgIpc) is 3.42. The second-order valence-electron chi connectivity index (χ2n) is 8.28. The Morgan fingerprint density at radius 2 is 2.22 bits per heavy atom. The zero-order chi connectivity index (χ0) is 22.8. The monoisotopic (exact) mass is 473 g/mol. The zero-order valence-corrected chi connectivity index (χ0v) is 19.7. The van der Waals surface area contributed by atoms with E-state index < -0.39 is 18.0 Å². The molecule has 2 aromatic rings. The Bertz CT molecular complexity index is 1090. The van der Waals surface area contributed by atoms with E-state index >= 15 is 0 Å². The Kier molecular flexibility index (Phi) is 6.91. The summed E-state index contributed by atoms with van der Waals surface area (Å²) in [6, 6.07) is 7.84. The van der Waals surface area contributed by atoms with Crippen molar-refractivity contribution in [1.29, 1.82) is 5.41 Å². The molecule has 0 radical (unpaired) electrons. The molecule has 0 bridgehead atoms. The van der Waals surface area contributed by atoms with Gasteiger partial charge in [0.25, 0.3) is 0 Å². The lowest BCUT2D eigenvalue weighted by atomic mass is 9.90. The van der Waals surface area contributed by atoms with Gasteiger partial charge in [-0.1, -0.05) is 43.2 Å². The van der Waals surface area contributed by atoms with Crippen molar-refractivity contribution in [2.75, 3.05) is 6.54 Å². The van der Waals surface area contributed by atoms with E-state index in [0.717, 1.165) is 41.4 Å². The van der Waals surface area contributed by atoms with E-state index in [4.69, 9.17) is 22.0 Å². The Morgan fingerprint density at radius 3 is 2.88 bits per heavy atom. The third kappa shape index (κ3) is 4.57. The van der Waals surface area contributed by atoms with Gasteiger partial charge in [-0.2, -0.15) is 0 Å². The molecule has 0 amide bonds. The number of hydrogen-bond acceptors (Lipinski definition) is 4. The Morgan fingerprint density at radius 1 is 1.41 bits per heavy atom. The summed E-state index contributed by atoms with van der Waals surface area (Å²) in [6.07, 6.45) is 4.49. The normalized spacial score (nSPS) is 21.8. The topological polar surface area (TPSA) is 39.5 Å². The average molecular weight is 474 g/mol. The molecule has 4 rings (SSSR count). The van der Waals surface area contributed by atoms with E-state index in [0.29, 0.717) is 17.2 Å². The number of allylic oxidation sites excluding steroid dienone is 3. The number of nitrogens with one attached hydrogen (secondary N) is 1. The lowest BCUT2D eigenvalue weighted by Crippen LogP contribution is -2.34. The molecule has 0 aliphatic carbocycles. The van der Waals surface area contributed by atoms with Gasteiger partial charge in [-0.15, -0.1) is 11.3 Å². The first-order valence-electron chi connectivity index (χ1n) is 10.9. The fraction of sp³-hybridized carbons (Fsp3) is 0.360. The molecule has 1 unspecified atom stereocenters. The van der Waals surface area contributed by atoms with Crippen LogP contribution in [0.2, 0.25) is 5.02 Å². The molecule has 1 aromatic heterocycles. The SMILES string of the molecule is CC[C@H]1CC2=C(C(=N)/C=C\CC(C)F)[C@H](c3ccc(F)cc3Cl)N=C(c3cccs3)N2C1. The molecule has 2 aliphatic heterocycles. The summed E-state index contributed by atoms with van der Waals surface area (Å²) in [6.45, 7) is 4.52. The van der Waals surface area contributed by atoms with Crippen molar-refractivity contribution in [2.45, 2.75) is 45.3 Å². The number of nitrogens with zero attached hydrogens (tertiary/aromatic N) is 2. The first-order valence-corrected chi connectivity index (χ1v) is 12.1. The first kappa shape index (κ1) is 22.9. The number of amidine groups is 1. The van der Waals surface area contributed by atoms with E-state index in [2.05, 4.69) is 11.8 Å². The summed E-state index contributed by atoms with van der Waals surface area (Å²) < 4.78 is 27.1. The maximum absolute atomic E-state index is 13.8. The Labute approximate surface area is 196 Å². The van der Waals surface area contributed by atoms with E-state index in [-0.39, 0.29) is 11.4 Å². The lowest BCUT2D eigenvalue weighted by molar-refractivity contribution is 0.365. The predicted molar refractivity (Wildman–Crippen MR) is 129 cm³/mol. The van der Waals surface area contributed by atoms with Crippen LogP contribution < -0.4 is 0 Å². The largest absolute Gasteiger partial charge is 0.329 e. The molecule has 168 valence electrons. The number of hydrogen-bond donors (Lipinski definition) is 1. The third-order valence-electron chi connectivity index (χ3n) is 5.95. The molecular formula is C25H26ClF2N3S. The van der Waals surface area contributed by atoms with E-state index in [9.17, 15) is 8.78 Å². The zero-order valence-electron chi connectivity index (χ0n) is 18.1. The van der Waals surface area contributed by atoms with Crippen LogP contribution in [0, 0.1) is 17.1 Å². The number of thiophene rings is 1. The van der Waals surface area contributed by atoms with Crippen molar-refractivity contribution >= 4 is 34.5 Å². The molecule has 3 heterocycles. The van der Waals surface area contributed by atoms with Crippen LogP contribution in [0.5, 0.6) is 0 Å². The van der Waals surface area contributed by atoms with Gasteiger partial charge in [-0.05, 0) is 55.3 Å². The van der Waals surface area contributed by atoms with Crippen molar-refractivity contribution in [3.63, 3.8) is 0 Å². The van der Waals surface area contributed by atoms with Crippen molar-refractivity contribution in [3.8, 4) is 0 Å². The van der Waals surface area contributed by atoms with Crippen LogP contribution in [0.4, 0.5) is 8.78 Å². The molecule has 2 aliphatic rings. The van der Waals surface area contributed by atoms with E-state index in [1.165, 1.54) is 19.1 Å². The van der Waals surface area contributed by atoms with Crippen LogP contribution in [0.25, 0.3) is 0 Å². The smallest absolute Gasteiger partial charge is 0.146 e. The van der Waals surface area contributed by atoms with Gasteiger partial charge in [-0.3, -0.25) is 4.99 Å². The molecule has 7 heteroatoms. The highest BCUT2D eigenvalue weighted by Gasteiger charge is 2.39. The van der Waals surface area contributed by atoms with Crippen LogP contribution in [0.1, 0.15) is 49.6 Å². The quantitative estimate of drug-likeness (QED) is 0.419. The van der Waals surface area contributed by atoms with Gasteiger partial charge in [-0.25, -0.2) is 8.78 Å². The number of alkyl halides is 1. The maximum atomic E-state index is 13.8. The number of benzene rings is 1. The number of aliphatic imine (C=N–C) groups is 1. The fourth-order valence-electron chi connectivity index (χ4n) is 4.29. The number of halogens is 3. The molecule has 1 aromatic carbocycles. The maximum Gasteiger partial charge on any atom is 0.146 e. The summed E-state index contributed by atoms with van der Waals surface area (Å²) in [5, 5.41) is 11.2. The summed E-state index contributed by atoms with van der Waals surface area (Å²) in [4.78, 5) is 8.36. The molecule has 0 saturated carbocycles. The van der Waals surface area contributed by atoms with Gasteiger partial charge in [0.2, 0.25) is 0 Å². The molecule has 1 saturated heterocycles. The molecule has 1 fully saturated rings. The lowest BCUT2D eigenvalue weighted by Gasteiger charge is -2.33. The summed E-state index contributed by atoms with van der Waals surface area (Å²) in [5.74, 6) is 0.913. The highest BCUT2D eigenvalue weighted by molar-refractivity contribution is 7.12. The minimum absolute atomic E-state index is 0.248. The number of rotatable bonds is 7. The van der Waals surface area contributed by atoms with Crippen molar-refractivity contribution in [2.24, 2.45) is 10.9 Å². The number of fused-ring (bicyclic) bond motifs is 1. The van der Waals surface area contributed by atoms with Crippen molar-refractivity contribution in [3.05, 3.63) is 80.4 Å². The molecule has 0 spiro atoms. The molecule has 3 nitrogen and oxygen atoms in total. The minimum atomic E-state index is -0.971. The van der Waals surface area contributed by atoms with Gasteiger partial charge < -0.3 is 10.3 Å². The summed E-state index contributed by atoms with van der Waals surface area (Å²) >= 11 is 8.09. The van der Waals surface area contributed by atoms with Crippen molar-refractivity contribution < 1.29 is 8.78 Å². The van der Waals surface area contributed by atoms with Gasteiger partial charge >= 0.3 is 0 Å². The summed E-state index contributed by atoms with van der Waals surface area (Å²) in [5.41, 5.74) is 2.78. The van der Waals surface area contributed by atoms with Gasteiger partial charge in [0.1, 0.15) is 23.9 Å². The first-order chi connectivity index (χ1) is 15.4. The second kappa shape index (κ2) is 9.67. The van der Waals surface area contributed by atoms with Crippen LogP contribution in [-0.2, 0) is 0 Å². The van der Waals surface area contributed by atoms with Crippen LogP contribution in [-0.4, -0.2) is 29.2 Å². The summed E-state index contributed by atoms with van der Waals surface area (Å²) in [7, 11) is 0. The third-order valence-corrected chi connectivity index (χ3v) is 7.14. The van der Waals surface area contributed by atoms with Crippen molar-refractivity contribution in [1.82, 2.24) is 4.90 Å². The highest BCUT2D eigenvalue weighted by atomic mass is 35.5. The Balaban J connectivity index is 1.86. The Hall–Kier alpha value is -2.31. The fourth-order valence-corrected chi connectivity index (χ4v) is 5.29. The molecule has 3 atom stereocenters. The standard InChI is InChI=1S/C25H26ClF2N3S/c1-3-16-12-21-23(20(29)7-4-6-15(2)27)24(18-10-9-17(28)13-19(18)26)30-25(31(21)14-16)22-8-5-11-32-22/h4-5,7-11,13,15-16,24,29H,3,6,12,14H2,1-2H3/b7-4-,29-20?/t15?,16-,24-/m0/s1. The minimum Gasteiger partial charge on any atom is -0.329 e. The van der Waals surface area contributed by atoms with Gasteiger partial charge in [0, 0.05) is 28.4 Å². The van der Waals surface area contributed by atoms with Crippen LogP contribution in [0.3, 0.4) is 0 Å².